The van der Waals surface area contributed by atoms with Gasteiger partial charge < -0.3 is 4.90 Å². The summed E-state index contributed by atoms with van der Waals surface area (Å²) in [6, 6.07) is 17.2. The fourth-order valence-corrected chi connectivity index (χ4v) is 2.49. The van der Waals surface area contributed by atoms with Crippen molar-refractivity contribution >= 4 is 17.3 Å². The van der Waals surface area contributed by atoms with Crippen LogP contribution in [0.1, 0.15) is 16.7 Å². The smallest absolute Gasteiger partial charge is 0.0474 e. The van der Waals surface area contributed by atoms with Gasteiger partial charge >= 0.3 is 0 Å². The molecule has 3 rings (SSSR count). The second-order valence-electron chi connectivity index (χ2n) is 4.42. The van der Waals surface area contributed by atoms with Gasteiger partial charge in [0.05, 0.1) is 0 Å². The summed E-state index contributed by atoms with van der Waals surface area (Å²) in [5.74, 6) is 0.584. The van der Waals surface area contributed by atoms with Gasteiger partial charge in [0.15, 0.2) is 0 Å². The molecule has 1 nitrogen and oxygen atoms in total. The van der Waals surface area contributed by atoms with Crippen molar-refractivity contribution in [1.29, 1.82) is 0 Å². The number of nitrogens with zero attached hydrogens (tertiary/aromatic N) is 1. The van der Waals surface area contributed by atoms with Crippen molar-refractivity contribution in [2.45, 2.75) is 19.0 Å². The summed E-state index contributed by atoms with van der Waals surface area (Å²) in [5, 5.41) is 0. The highest BCUT2D eigenvalue weighted by molar-refractivity contribution is 6.17. The van der Waals surface area contributed by atoms with E-state index in [0.29, 0.717) is 5.88 Å². The second kappa shape index (κ2) is 4.42. The van der Waals surface area contributed by atoms with Gasteiger partial charge in [0.2, 0.25) is 0 Å². The molecule has 1 aliphatic rings. The average Bonchev–Trinajstić information content (AvgIpc) is 2.82. The van der Waals surface area contributed by atoms with Gasteiger partial charge in [0.1, 0.15) is 0 Å². The maximum absolute atomic E-state index is 5.80. The number of anilines is 1. The van der Waals surface area contributed by atoms with E-state index in [1.54, 1.807) is 0 Å². The molecule has 0 saturated heterocycles. The lowest BCUT2D eigenvalue weighted by Crippen LogP contribution is -2.14. The molecule has 1 heterocycles. The Labute approximate surface area is 107 Å². The topological polar surface area (TPSA) is 3.24 Å². The number of hydrogen-bond acceptors (Lipinski definition) is 1. The Balaban J connectivity index is 1.83. The maximum Gasteiger partial charge on any atom is 0.0474 e. The Hall–Kier alpha value is -1.47. The molecular formula is C15H14ClN. The van der Waals surface area contributed by atoms with E-state index >= 15 is 0 Å². The van der Waals surface area contributed by atoms with Crippen LogP contribution in [0.15, 0.2) is 48.5 Å². The van der Waals surface area contributed by atoms with Crippen molar-refractivity contribution in [2.75, 3.05) is 4.90 Å². The van der Waals surface area contributed by atoms with E-state index in [-0.39, 0.29) is 0 Å². The minimum Gasteiger partial charge on any atom is -0.363 e. The minimum atomic E-state index is 0.584. The number of rotatable bonds is 2. The molecule has 2 heteroatoms. The summed E-state index contributed by atoms with van der Waals surface area (Å²) in [7, 11) is 0. The fourth-order valence-electron chi connectivity index (χ4n) is 2.31. The molecule has 17 heavy (non-hydrogen) atoms. The third-order valence-electron chi connectivity index (χ3n) is 3.30. The predicted octanol–water partition coefficient (Wildman–Crippen LogP) is 3.95. The first-order chi connectivity index (χ1) is 8.36. The molecule has 0 aromatic heterocycles. The molecule has 0 bridgehead atoms. The van der Waals surface area contributed by atoms with Gasteiger partial charge in [-0.15, -0.1) is 11.6 Å². The van der Waals surface area contributed by atoms with Crippen LogP contribution in [0, 0.1) is 0 Å². The molecule has 2 aromatic carbocycles. The second-order valence-corrected chi connectivity index (χ2v) is 4.69. The van der Waals surface area contributed by atoms with Crippen LogP contribution in [0.5, 0.6) is 0 Å². The average molecular weight is 244 g/mol. The van der Waals surface area contributed by atoms with Crippen LogP contribution >= 0.6 is 11.6 Å². The van der Waals surface area contributed by atoms with Crippen LogP contribution in [0.2, 0.25) is 0 Å². The van der Waals surface area contributed by atoms with Gasteiger partial charge in [-0.3, -0.25) is 0 Å². The first kappa shape index (κ1) is 10.7. The van der Waals surface area contributed by atoms with E-state index in [1.165, 1.54) is 22.4 Å². The van der Waals surface area contributed by atoms with Crippen molar-refractivity contribution in [2.24, 2.45) is 0 Å². The Bertz CT molecular complexity index is 494. The Morgan fingerprint density at radius 3 is 2.00 bits per heavy atom. The highest BCUT2D eigenvalue weighted by Gasteiger charge is 2.18. The van der Waals surface area contributed by atoms with Crippen molar-refractivity contribution < 1.29 is 0 Å². The molecule has 0 amide bonds. The molecule has 0 fully saturated rings. The molecule has 1 aliphatic heterocycles. The molecule has 0 aliphatic carbocycles. The molecule has 0 unspecified atom stereocenters. The number of halogens is 1. The molecule has 2 aromatic rings. The van der Waals surface area contributed by atoms with Gasteiger partial charge in [0.25, 0.3) is 0 Å². The lowest BCUT2D eigenvalue weighted by Gasteiger charge is -2.17. The number of alkyl halides is 1. The third-order valence-corrected chi connectivity index (χ3v) is 3.61. The van der Waals surface area contributed by atoms with Crippen LogP contribution in [0.3, 0.4) is 0 Å². The van der Waals surface area contributed by atoms with E-state index < -0.39 is 0 Å². The van der Waals surface area contributed by atoms with E-state index in [1.807, 2.05) is 0 Å². The number of hydrogen-bond donors (Lipinski definition) is 0. The summed E-state index contributed by atoms with van der Waals surface area (Å²) in [4.78, 5) is 2.39. The quantitative estimate of drug-likeness (QED) is 0.722. The van der Waals surface area contributed by atoms with Crippen molar-refractivity contribution in [1.82, 2.24) is 0 Å². The molecule has 0 atom stereocenters. The lowest BCUT2D eigenvalue weighted by atomic mass is 10.1. The Morgan fingerprint density at radius 2 is 1.47 bits per heavy atom. The van der Waals surface area contributed by atoms with Crippen LogP contribution in [0.25, 0.3) is 0 Å². The van der Waals surface area contributed by atoms with Crippen LogP contribution in [-0.4, -0.2) is 0 Å². The van der Waals surface area contributed by atoms with Crippen molar-refractivity contribution in [3.8, 4) is 0 Å². The molecular weight excluding hydrogens is 230 g/mol. The first-order valence-electron chi connectivity index (χ1n) is 5.83. The standard InChI is InChI=1S/C15H14ClN/c16-9-12-5-7-15(8-6-12)17-10-13-3-1-2-4-14(13)11-17/h1-8H,9-11H2. The highest BCUT2D eigenvalue weighted by atomic mass is 35.5. The summed E-state index contributed by atoms with van der Waals surface area (Å²) in [5.41, 5.74) is 5.32. The third kappa shape index (κ3) is 2.03. The zero-order valence-electron chi connectivity index (χ0n) is 9.57. The van der Waals surface area contributed by atoms with Crippen LogP contribution in [0.4, 0.5) is 5.69 Å². The van der Waals surface area contributed by atoms with Crippen molar-refractivity contribution in [3.05, 3.63) is 65.2 Å². The highest BCUT2D eigenvalue weighted by Crippen LogP contribution is 2.28. The molecule has 0 N–H and O–H groups in total. The summed E-state index contributed by atoms with van der Waals surface area (Å²) < 4.78 is 0. The number of fused-ring (bicyclic) bond motifs is 1. The van der Waals surface area contributed by atoms with Crippen LogP contribution < -0.4 is 4.90 Å². The normalized spacial score (nSPS) is 13.8. The molecule has 0 spiro atoms. The molecule has 0 radical (unpaired) electrons. The van der Waals surface area contributed by atoms with E-state index in [0.717, 1.165) is 13.1 Å². The lowest BCUT2D eigenvalue weighted by molar-refractivity contribution is 0.880. The van der Waals surface area contributed by atoms with Crippen molar-refractivity contribution in [3.63, 3.8) is 0 Å². The zero-order chi connectivity index (χ0) is 11.7. The minimum absolute atomic E-state index is 0.584. The summed E-state index contributed by atoms with van der Waals surface area (Å²) in [6.07, 6.45) is 0. The van der Waals surface area contributed by atoms with E-state index in [4.69, 9.17) is 11.6 Å². The predicted molar refractivity (Wildman–Crippen MR) is 72.3 cm³/mol. The first-order valence-corrected chi connectivity index (χ1v) is 6.37. The van der Waals surface area contributed by atoms with E-state index in [2.05, 4.69) is 53.4 Å². The molecule has 86 valence electrons. The SMILES string of the molecule is ClCc1ccc(N2Cc3ccccc3C2)cc1. The number of benzene rings is 2. The monoisotopic (exact) mass is 243 g/mol. The molecule has 0 saturated carbocycles. The summed E-state index contributed by atoms with van der Waals surface area (Å²) in [6.45, 7) is 2.02. The van der Waals surface area contributed by atoms with Crippen LogP contribution in [-0.2, 0) is 19.0 Å². The zero-order valence-corrected chi connectivity index (χ0v) is 10.3. The maximum atomic E-state index is 5.80. The van der Waals surface area contributed by atoms with Gasteiger partial charge in [-0.25, -0.2) is 0 Å². The van der Waals surface area contributed by atoms with Gasteiger partial charge in [-0.2, -0.15) is 0 Å². The van der Waals surface area contributed by atoms with Gasteiger partial charge in [-0.1, -0.05) is 36.4 Å². The Kier molecular flexibility index (Phi) is 2.77. The summed E-state index contributed by atoms with van der Waals surface area (Å²) >= 11 is 5.80. The Morgan fingerprint density at radius 1 is 0.882 bits per heavy atom. The fraction of sp³-hybridized carbons (Fsp3) is 0.200. The van der Waals surface area contributed by atoms with Gasteiger partial charge in [0, 0.05) is 24.7 Å². The van der Waals surface area contributed by atoms with Gasteiger partial charge in [-0.05, 0) is 28.8 Å². The van der Waals surface area contributed by atoms with E-state index in [9.17, 15) is 0 Å². The largest absolute Gasteiger partial charge is 0.363 e.